The van der Waals surface area contributed by atoms with Crippen molar-refractivity contribution in [3.8, 4) is 0 Å². The average Bonchev–Trinajstić information content (AvgIpc) is 2.88. The van der Waals surface area contributed by atoms with E-state index >= 15 is 0 Å². The number of hydrazone groups is 1. The maximum atomic E-state index is 12.7. The van der Waals surface area contributed by atoms with Gasteiger partial charge in [-0.3, -0.25) is 19.9 Å². The molecule has 3 rings (SSSR count). The second kappa shape index (κ2) is 8.21. The molecule has 26 heavy (non-hydrogen) atoms. The Morgan fingerprint density at radius 1 is 1.15 bits per heavy atom. The summed E-state index contributed by atoms with van der Waals surface area (Å²) in [5.74, 6) is -0.610. The molecule has 0 N–H and O–H groups in total. The van der Waals surface area contributed by atoms with E-state index in [0.717, 1.165) is 12.8 Å². The molecule has 0 radical (unpaired) electrons. The van der Waals surface area contributed by atoms with Crippen LogP contribution in [0.15, 0.2) is 34.4 Å². The van der Waals surface area contributed by atoms with Gasteiger partial charge in [-0.25, -0.2) is 0 Å². The third-order valence-corrected chi connectivity index (χ3v) is 5.01. The molecule has 1 fully saturated rings. The Bertz CT molecular complexity index is 719. The third-order valence-electron chi connectivity index (χ3n) is 5.01. The molecule has 7 nitrogen and oxygen atoms in total. The van der Waals surface area contributed by atoms with E-state index in [1.807, 2.05) is 6.92 Å². The summed E-state index contributed by atoms with van der Waals surface area (Å²) in [5.41, 5.74) is 1.22. The Balaban J connectivity index is 1.69. The molecule has 0 bridgehead atoms. The maximum absolute atomic E-state index is 12.7. The number of hydrogen-bond acceptors (Lipinski definition) is 5. The lowest BCUT2D eigenvalue weighted by Crippen LogP contribution is -2.28. The van der Waals surface area contributed by atoms with Gasteiger partial charge in [0.25, 0.3) is 11.6 Å². The largest absolute Gasteiger partial charge is 0.293 e. The molecule has 1 saturated carbocycles. The Morgan fingerprint density at radius 2 is 1.77 bits per heavy atom. The van der Waals surface area contributed by atoms with Gasteiger partial charge in [-0.1, -0.05) is 32.1 Å². The highest BCUT2D eigenvalue weighted by Crippen LogP contribution is 2.26. The van der Waals surface area contributed by atoms with Crippen LogP contribution in [0, 0.1) is 16.0 Å². The first-order chi connectivity index (χ1) is 12.6. The molecule has 0 unspecified atom stereocenters. The van der Waals surface area contributed by atoms with E-state index in [-0.39, 0.29) is 11.6 Å². The van der Waals surface area contributed by atoms with Crippen molar-refractivity contribution in [1.29, 1.82) is 0 Å². The van der Waals surface area contributed by atoms with Crippen molar-refractivity contribution in [1.82, 2.24) is 0 Å². The van der Waals surface area contributed by atoms with Crippen molar-refractivity contribution in [3.63, 3.8) is 0 Å². The molecule has 7 heteroatoms. The van der Waals surface area contributed by atoms with Gasteiger partial charge in [0.05, 0.1) is 16.3 Å². The fraction of sp³-hybridized carbons (Fsp3) is 0.526. The highest BCUT2D eigenvalue weighted by molar-refractivity contribution is 6.23. The zero-order chi connectivity index (χ0) is 18.5. The number of anilines is 1. The number of rotatable bonds is 4. The summed E-state index contributed by atoms with van der Waals surface area (Å²) in [6, 6.07) is 6.14. The quantitative estimate of drug-likeness (QED) is 0.462. The van der Waals surface area contributed by atoms with Crippen molar-refractivity contribution in [2.24, 2.45) is 16.0 Å². The van der Waals surface area contributed by atoms with E-state index in [4.69, 9.17) is 4.99 Å². The van der Waals surface area contributed by atoms with E-state index in [9.17, 15) is 14.9 Å². The van der Waals surface area contributed by atoms with Crippen molar-refractivity contribution in [2.45, 2.75) is 57.9 Å². The molecule has 1 aromatic carbocycles. The second-order valence-electron chi connectivity index (χ2n) is 6.94. The summed E-state index contributed by atoms with van der Waals surface area (Å²) in [6.45, 7) is 1.82. The van der Waals surface area contributed by atoms with Crippen molar-refractivity contribution in [3.05, 3.63) is 34.4 Å². The Morgan fingerprint density at radius 3 is 2.38 bits per heavy atom. The molecule has 1 aliphatic heterocycles. The summed E-state index contributed by atoms with van der Waals surface area (Å²) in [4.78, 5) is 27.7. The van der Waals surface area contributed by atoms with Crippen LogP contribution in [0.4, 0.5) is 11.4 Å². The van der Waals surface area contributed by atoms with Gasteiger partial charge in [-0.15, -0.1) is 0 Å². The average molecular weight is 356 g/mol. The second-order valence-corrected chi connectivity index (χ2v) is 6.94. The first kappa shape index (κ1) is 18.2. The normalized spacial score (nSPS) is 22.3. The molecule has 1 atom stereocenters. The van der Waals surface area contributed by atoms with Crippen LogP contribution in [0.1, 0.15) is 51.9 Å². The first-order valence-electron chi connectivity index (χ1n) is 9.23. The minimum absolute atomic E-state index is 0.0107. The smallest absolute Gasteiger partial charge is 0.269 e. The maximum Gasteiger partial charge on any atom is 0.269 e. The molecule has 0 spiro atoms. The van der Waals surface area contributed by atoms with Crippen LogP contribution in [0.5, 0.6) is 0 Å². The SMILES string of the molecule is CC1=NN(c2ccc([N+](=O)[O-])cc2)C(=O)[C@H]1C=NC1CCCCCCC1. The predicted octanol–water partition coefficient (Wildman–Crippen LogP) is 4.12. The van der Waals surface area contributed by atoms with E-state index in [2.05, 4.69) is 5.10 Å². The number of carbonyl (C=O) groups excluding carboxylic acids is 1. The van der Waals surface area contributed by atoms with Crippen LogP contribution < -0.4 is 5.01 Å². The lowest BCUT2D eigenvalue weighted by atomic mass is 9.97. The number of amides is 1. The number of nitro benzene ring substituents is 1. The fourth-order valence-electron chi connectivity index (χ4n) is 3.44. The van der Waals surface area contributed by atoms with Gasteiger partial charge < -0.3 is 0 Å². The molecule has 1 aliphatic carbocycles. The number of aliphatic imine (C=N–C) groups is 1. The fourth-order valence-corrected chi connectivity index (χ4v) is 3.44. The number of non-ortho nitro benzene ring substituents is 1. The monoisotopic (exact) mass is 356 g/mol. The van der Waals surface area contributed by atoms with E-state index < -0.39 is 10.8 Å². The van der Waals surface area contributed by atoms with Gasteiger partial charge in [-0.2, -0.15) is 10.1 Å². The summed E-state index contributed by atoms with van der Waals surface area (Å²) < 4.78 is 0. The van der Waals surface area contributed by atoms with Crippen LogP contribution in [0.2, 0.25) is 0 Å². The number of benzene rings is 1. The molecular weight excluding hydrogens is 332 g/mol. The van der Waals surface area contributed by atoms with Gasteiger partial charge in [0.2, 0.25) is 0 Å². The number of hydrogen-bond donors (Lipinski definition) is 0. The Labute approximate surface area is 152 Å². The standard InChI is InChI=1S/C19H24N4O3/c1-14-18(13-20-15-7-5-3-2-4-6-8-15)19(24)22(21-14)16-9-11-17(12-10-16)23(25)26/h9-13,15,18H,2-8H2,1H3/t18-/m0/s1. The van der Waals surface area contributed by atoms with Gasteiger partial charge in [-0.05, 0) is 31.9 Å². The molecule has 0 aromatic heterocycles. The number of carbonyl (C=O) groups is 1. The highest BCUT2D eigenvalue weighted by Gasteiger charge is 2.33. The van der Waals surface area contributed by atoms with Gasteiger partial charge in [0, 0.05) is 24.4 Å². The first-order valence-corrected chi connectivity index (χ1v) is 9.23. The molecule has 2 aliphatic rings. The minimum atomic E-state index is -0.464. The van der Waals surface area contributed by atoms with E-state index in [1.54, 1.807) is 18.3 Å². The van der Waals surface area contributed by atoms with Crippen LogP contribution >= 0.6 is 0 Å². The van der Waals surface area contributed by atoms with E-state index in [1.165, 1.54) is 49.2 Å². The molecule has 1 heterocycles. The summed E-state index contributed by atoms with van der Waals surface area (Å²) in [7, 11) is 0. The molecule has 138 valence electrons. The minimum Gasteiger partial charge on any atom is -0.293 e. The van der Waals surface area contributed by atoms with Crippen LogP contribution in [0.25, 0.3) is 0 Å². The van der Waals surface area contributed by atoms with Crippen molar-refractivity contribution < 1.29 is 9.72 Å². The predicted molar refractivity (Wildman–Crippen MR) is 102 cm³/mol. The highest BCUT2D eigenvalue weighted by atomic mass is 16.6. The van der Waals surface area contributed by atoms with E-state index in [0.29, 0.717) is 17.4 Å². The molecular formula is C19H24N4O3. The molecule has 1 amide bonds. The summed E-state index contributed by atoms with van der Waals surface area (Å²) in [5, 5.41) is 16.4. The summed E-state index contributed by atoms with van der Waals surface area (Å²) >= 11 is 0. The summed E-state index contributed by atoms with van der Waals surface area (Å²) in [6.07, 6.45) is 10.2. The van der Waals surface area contributed by atoms with Gasteiger partial charge in [0.1, 0.15) is 5.92 Å². The van der Waals surface area contributed by atoms with Crippen molar-refractivity contribution >= 4 is 29.2 Å². The van der Waals surface area contributed by atoms with Crippen LogP contribution in [-0.4, -0.2) is 28.8 Å². The number of nitro groups is 1. The lowest BCUT2D eigenvalue weighted by molar-refractivity contribution is -0.384. The van der Waals surface area contributed by atoms with Gasteiger partial charge in [0.15, 0.2) is 0 Å². The zero-order valence-corrected chi connectivity index (χ0v) is 15.0. The zero-order valence-electron chi connectivity index (χ0n) is 15.0. The number of nitrogens with zero attached hydrogens (tertiary/aromatic N) is 4. The van der Waals surface area contributed by atoms with Crippen LogP contribution in [-0.2, 0) is 4.79 Å². The third kappa shape index (κ3) is 4.15. The Kier molecular flexibility index (Phi) is 5.75. The molecule has 1 aromatic rings. The topological polar surface area (TPSA) is 88.2 Å². The Hall–Kier alpha value is -2.57. The molecule has 0 saturated heterocycles. The van der Waals surface area contributed by atoms with Crippen LogP contribution in [0.3, 0.4) is 0 Å². The van der Waals surface area contributed by atoms with Crippen molar-refractivity contribution in [2.75, 3.05) is 5.01 Å². The lowest BCUT2D eigenvalue weighted by Gasteiger charge is -2.16. The van der Waals surface area contributed by atoms with Gasteiger partial charge >= 0.3 is 0 Å².